The third-order valence-electron chi connectivity index (χ3n) is 3.46. The Hall–Kier alpha value is -1.34. The maximum atomic E-state index is 12.5. The van der Waals surface area contributed by atoms with Gasteiger partial charge in [-0.2, -0.15) is 0 Å². The number of aryl methyl sites for hydroxylation is 1. The van der Waals surface area contributed by atoms with Crippen LogP contribution in [0.5, 0.6) is 0 Å². The number of sulfonamides is 1. The van der Waals surface area contributed by atoms with Crippen LogP contribution in [0.2, 0.25) is 0 Å². The van der Waals surface area contributed by atoms with Crippen molar-refractivity contribution in [2.24, 2.45) is 5.92 Å². The van der Waals surface area contributed by atoms with Crippen molar-refractivity contribution in [3.8, 4) is 0 Å². The topological polar surface area (TPSA) is 88.3 Å². The van der Waals surface area contributed by atoms with E-state index in [1.165, 1.54) is 0 Å². The van der Waals surface area contributed by atoms with E-state index in [0.717, 1.165) is 0 Å². The maximum absolute atomic E-state index is 12.5. The lowest BCUT2D eigenvalue weighted by Gasteiger charge is -2.17. The number of hydrogen-bond acceptors (Lipinski definition) is 4. The van der Waals surface area contributed by atoms with Gasteiger partial charge in [0.2, 0.25) is 10.0 Å². The number of aromatic amines is 1. The Morgan fingerprint density at radius 2 is 1.86 bits per heavy atom. The minimum atomic E-state index is -3.68. The van der Waals surface area contributed by atoms with E-state index in [2.05, 4.69) is 9.71 Å². The summed E-state index contributed by atoms with van der Waals surface area (Å²) < 4.78 is 32.6. The molecule has 120 valence electrons. The predicted molar refractivity (Wildman–Crippen MR) is 80.8 cm³/mol. The van der Waals surface area contributed by atoms with Crippen molar-refractivity contribution >= 4 is 16.0 Å². The fourth-order valence-electron chi connectivity index (χ4n) is 1.98. The standard InChI is InChI=1S/C14H24N2O4S/c1-7-20-14(17)12-9(4)13(11(6)15-12)21(18,19)16-10(5)8(2)3/h8,10,15-16H,7H2,1-6H3. The van der Waals surface area contributed by atoms with Crippen LogP contribution >= 0.6 is 0 Å². The molecule has 0 spiro atoms. The molecule has 0 aliphatic carbocycles. The fraction of sp³-hybridized carbons (Fsp3) is 0.643. The quantitative estimate of drug-likeness (QED) is 0.787. The lowest BCUT2D eigenvalue weighted by atomic mass is 10.1. The molecule has 7 heteroatoms. The summed E-state index contributed by atoms with van der Waals surface area (Å²) in [6, 6.07) is -0.199. The molecule has 21 heavy (non-hydrogen) atoms. The van der Waals surface area contributed by atoms with Crippen molar-refractivity contribution in [2.75, 3.05) is 6.61 Å². The summed E-state index contributed by atoms with van der Waals surface area (Å²) in [5.41, 5.74) is 1.00. The van der Waals surface area contributed by atoms with E-state index in [1.807, 2.05) is 20.8 Å². The number of ether oxygens (including phenoxy) is 1. The molecule has 0 aliphatic heterocycles. The first kappa shape index (κ1) is 17.7. The Morgan fingerprint density at radius 1 is 1.29 bits per heavy atom. The first-order chi connectivity index (χ1) is 9.61. The molecule has 0 amide bonds. The van der Waals surface area contributed by atoms with Crippen LogP contribution in [-0.2, 0) is 14.8 Å². The molecule has 1 unspecified atom stereocenters. The second-order valence-electron chi connectivity index (χ2n) is 5.45. The molecule has 0 radical (unpaired) electrons. The minimum absolute atomic E-state index is 0.123. The van der Waals surface area contributed by atoms with Gasteiger partial charge in [0.05, 0.1) is 6.61 Å². The monoisotopic (exact) mass is 316 g/mol. The zero-order valence-electron chi connectivity index (χ0n) is 13.4. The van der Waals surface area contributed by atoms with E-state index in [-0.39, 0.29) is 29.2 Å². The van der Waals surface area contributed by atoms with Crippen LogP contribution in [0.1, 0.15) is 49.4 Å². The first-order valence-corrected chi connectivity index (χ1v) is 8.48. The van der Waals surface area contributed by atoms with E-state index in [9.17, 15) is 13.2 Å². The number of nitrogens with one attached hydrogen (secondary N) is 2. The molecule has 1 aromatic rings. The largest absolute Gasteiger partial charge is 0.461 e. The third kappa shape index (κ3) is 3.85. The van der Waals surface area contributed by atoms with Crippen LogP contribution in [0.3, 0.4) is 0 Å². The average Bonchev–Trinajstić information content (AvgIpc) is 2.64. The van der Waals surface area contributed by atoms with Crippen molar-refractivity contribution in [3.05, 3.63) is 17.0 Å². The molecule has 0 fully saturated rings. The van der Waals surface area contributed by atoms with Crippen molar-refractivity contribution < 1.29 is 17.9 Å². The van der Waals surface area contributed by atoms with Crippen LogP contribution < -0.4 is 4.72 Å². The molecule has 0 bridgehead atoms. The molecule has 0 saturated heterocycles. The van der Waals surface area contributed by atoms with E-state index < -0.39 is 16.0 Å². The van der Waals surface area contributed by atoms with Gasteiger partial charge in [0.1, 0.15) is 10.6 Å². The molecule has 2 N–H and O–H groups in total. The number of esters is 1. The molecule has 0 saturated carbocycles. The molecule has 1 atom stereocenters. The highest BCUT2D eigenvalue weighted by molar-refractivity contribution is 7.89. The number of hydrogen-bond donors (Lipinski definition) is 2. The van der Waals surface area contributed by atoms with Gasteiger partial charge in [-0.3, -0.25) is 0 Å². The van der Waals surface area contributed by atoms with Crippen LogP contribution in [0.25, 0.3) is 0 Å². The molecular weight excluding hydrogens is 292 g/mol. The van der Waals surface area contributed by atoms with Crippen LogP contribution in [0.4, 0.5) is 0 Å². The fourth-order valence-corrected chi connectivity index (χ4v) is 3.82. The Balaban J connectivity index is 3.22. The smallest absolute Gasteiger partial charge is 0.355 e. The van der Waals surface area contributed by atoms with Gasteiger partial charge < -0.3 is 9.72 Å². The van der Waals surface area contributed by atoms with Gasteiger partial charge in [0.25, 0.3) is 0 Å². The lowest BCUT2D eigenvalue weighted by molar-refractivity contribution is 0.0519. The van der Waals surface area contributed by atoms with Gasteiger partial charge in [0.15, 0.2) is 0 Å². The van der Waals surface area contributed by atoms with E-state index in [0.29, 0.717) is 11.3 Å². The Bertz CT molecular complexity index is 617. The summed E-state index contributed by atoms with van der Waals surface area (Å²) in [5, 5.41) is 0. The highest BCUT2D eigenvalue weighted by atomic mass is 32.2. The summed E-state index contributed by atoms with van der Waals surface area (Å²) in [4.78, 5) is 14.8. The SMILES string of the molecule is CCOC(=O)c1[nH]c(C)c(S(=O)(=O)NC(C)C(C)C)c1C. The summed E-state index contributed by atoms with van der Waals surface area (Å²) in [5.74, 6) is -0.375. The molecule has 6 nitrogen and oxygen atoms in total. The highest BCUT2D eigenvalue weighted by Crippen LogP contribution is 2.24. The number of carbonyl (C=O) groups excluding carboxylic acids is 1. The Kier molecular flexibility index (Phi) is 5.58. The summed E-state index contributed by atoms with van der Waals surface area (Å²) in [6.07, 6.45) is 0. The molecule has 0 aliphatic rings. The van der Waals surface area contributed by atoms with Crippen LogP contribution in [-0.4, -0.2) is 32.0 Å². The second kappa shape index (κ2) is 6.62. The van der Waals surface area contributed by atoms with E-state index >= 15 is 0 Å². The highest BCUT2D eigenvalue weighted by Gasteiger charge is 2.28. The number of aromatic nitrogens is 1. The van der Waals surface area contributed by atoms with Gasteiger partial charge in [0, 0.05) is 17.3 Å². The van der Waals surface area contributed by atoms with Gasteiger partial charge in [-0.05, 0) is 33.6 Å². The number of H-pyrrole nitrogens is 1. The molecule has 1 rings (SSSR count). The second-order valence-corrected chi connectivity index (χ2v) is 7.10. The maximum Gasteiger partial charge on any atom is 0.355 e. The molecule has 0 aromatic carbocycles. The molecule has 1 heterocycles. The summed E-state index contributed by atoms with van der Waals surface area (Å²) in [6.45, 7) is 10.9. The van der Waals surface area contributed by atoms with Gasteiger partial charge in [-0.15, -0.1) is 0 Å². The van der Waals surface area contributed by atoms with Crippen molar-refractivity contribution in [1.29, 1.82) is 0 Å². The van der Waals surface area contributed by atoms with E-state index in [4.69, 9.17) is 4.74 Å². The van der Waals surface area contributed by atoms with Crippen molar-refractivity contribution in [3.63, 3.8) is 0 Å². The lowest BCUT2D eigenvalue weighted by Crippen LogP contribution is -2.36. The zero-order chi connectivity index (χ0) is 16.4. The van der Waals surface area contributed by atoms with Gasteiger partial charge in [-0.1, -0.05) is 13.8 Å². The predicted octanol–water partition coefficient (Wildman–Crippen LogP) is 2.13. The van der Waals surface area contributed by atoms with Crippen molar-refractivity contribution in [2.45, 2.75) is 52.5 Å². The van der Waals surface area contributed by atoms with Crippen molar-refractivity contribution in [1.82, 2.24) is 9.71 Å². The Morgan fingerprint density at radius 3 is 2.33 bits per heavy atom. The normalized spacial score (nSPS) is 13.5. The molecular formula is C14H24N2O4S. The Labute approximate surface area is 126 Å². The molecule has 1 aromatic heterocycles. The third-order valence-corrected chi connectivity index (χ3v) is 5.29. The van der Waals surface area contributed by atoms with Gasteiger partial charge in [-0.25, -0.2) is 17.9 Å². The van der Waals surface area contributed by atoms with Crippen LogP contribution in [0, 0.1) is 19.8 Å². The summed E-state index contributed by atoms with van der Waals surface area (Å²) in [7, 11) is -3.68. The minimum Gasteiger partial charge on any atom is -0.461 e. The first-order valence-electron chi connectivity index (χ1n) is 7.00. The van der Waals surface area contributed by atoms with Gasteiger partial charge >= 0.3 is 5.97 Å². The average molecular weight is 316 g/mol. The zero-order valence-corrected chi connectivity index (χ0v) is 14.2. The van der Waals surface area contributed by atoms with E-state index in [1.54, 1.807) is 20.8 Å². The van der Waals surface area contributed by atoms with Crippen LogP contribution in [0.15, 0.2) is 4.90 Å². The number of carbonyl (C=O) groups is 1. The number of rotatable bonds is 6. The summed E-state index contributed by atoms with van der Waals surface area (Å²) >= 11 is 0.